The smallest absolute Gasteiger partial charge is 0.497 e. The summed E-state index contributed by atoms with van der Waals surface area (Å²) in [6.07, 6.45) is -0.813. The largest absolute Gasteiger partial charge is 1.00 e. The summed E-state index contributed by atoms with van der Waals surface area (Å²) in [5.74, 6) is 0.500. The van der Waals surface area contributed by atoms with Crippen molar-refractivity contribution in [3.8, 4) is 23.0 Å². The van der Waals surface area contributed by atoms with E-state index in [1.54, 1.807) is 154 Å². The first kappa shape index (κ1) is 53.7. The summed E-state index contributed by atoms with van der Waals surface area (Å²) in [6.45, 7) is 0. The number of amides is 4. The van der Waals surface area contributed by atoms with Crippen molar-refractivity contribution in [1.82, 2.24) is 41.7 Å². The van der Waals surface area contributed by atoms with Gasteiger partial charge in [0.05, 0.1) is 28.4 Å². The Hall–Kier alpha value is -5.48. The van der Waals surface area contributed by atoms with Crippen LogP contribution in [0.2, 0.25) is 0 Å². The van der Waals surface area contributed by atoms with Gasteiger partial charge in [-0.25, -0.2) is 0 Å². The fourth-order valence-electron chi connectivity index (χ4n) is 5.20. The molecule has 16 nitrogen and oxygen atoms in total. The number of hydrogen-bond donors (Lipinski definition) is 4. The quantitative estimate of drug-likeness (QED) is 0.0692. The first-order valence-corrected chi connectivity index (χ1v) is 20.0. The van der Waals surface area contributed by atoms with Gasteiger partial charge in [0.25, 0.3) is 0 Å². The van der Waals surface area contributed by atoms with Crippen LogP contribution in [0.5, 0.6) is 23.0 Å². The zero-order valence-corrected chi connectivity index (χ0v) is 41.6. The molecule has 4 rings (SSSR count). The van der Waals surface area contributed by atoms with Gasteiger partial charge in [-0.3, -0.25) is 60.9 Å². The summed E-state index contributed by atoms with van der Waals surface area (Å²) in [7, 11) is 12.6. The molecule has 0 spiro atoms. The molecule has 0 aliphatic carbocycles. The van der Waals surface area contributed by atoms with Crippen molar-refractivity contribution < 1.29 is 67.7 Å². The number of hydrogen-bond acceptors (Lipinski definition) is 12. The van der Waals surface area contributed by atoms with Crippen LogP contribution in [0.1, 0.15) is 35.1 Å². The molecule has 0 saturated heterocycles. The van der Waals surface area contributed by atoms with Gasteiger partial charge in [-0.1, -0.05) is 97.4 Å². The number of thiocarbonyl (C=S) groups is 4. The minimum Gasteiger partial charge on any atom is -0.497 e. The van der Waals surface area contributed by atoms with Crippen LogP contribution in [0.4, 0.5) is 0 Å². The van der Waals surface area contributed by atoms with Gasteiger partial charge in [0.2, 0.25) is 23.6 Å². The predicted octanol–water partition coefficient (Wildman–Crippen LogP) is 1.15. The minimum atomic E-state index is -0.522. The van der Waals surface area contributed by atoms with Crippen LogP contribution in [0.3, 0.4) is 0 Å². The zero-order chi connectivity index (χ0) is 45.9. The van der Waals surface area contributed by atoms with Crippen LogP contribution >= 0.6 is 48.9 Å². The van der Waals surface area contributed by atoms with Crippen molar-refractivity contribution >= 4 is 92.5 Å². The maximum Gasteiger partial charge on any atom is 1.00 e. The molecular weight excluding hydrogens is 896 g/mol. The first-order valence-electron chi connectivity index (χ1n) is 18.4. The maximum atomic E-state index is 12.3. The molecule has 21 heteroatoms. The summed E-state index contributed by atoms with van der Waals surface area (Å²) in [5.41, 5.74) is 13.1. The molecule has 0 unspecified atom stereocenters. The third kappa shape index (κ3) is 17.3. The monoisotopic (exact) mass is 943 g/mol. The normalized spacial score (nSPS) is 9.78. The van der Waals surface area contributed by atoms with Crippen LogP contribution < -0.4 is 70.2 Å². The van der Waals surface area contributed by atoms with Gasteiger partial charge < -0.3 is 18.9 Å². The second-order valence-electron chi connectivity index (χ2n) is 12.9. The van der Waals surface area contributed by atoms with E-state index in [4.69, 9.17) is 67.8 Å². The van der Waals surface area contributed by atoms with E-state index in [9.17, 15) is 19.2 Å². The topological polar surface area (TPSA) is 166 Å². The Bertz CT molecular complexity index is 1980. The molecule has 0 aromatic heterocycles. The second kappa shape index (κ2) is 26.9. The Balaban J connectivity index is 0.000000427. The Kier molecular flexibility index (Phi) is 22.9. The standard InChI is InChI=1S/2C21H24N4O4S2.Na/c2*1-24(20(30)14-7-5-9-16(11-14)28-3)22-18(26)13-19(27)23-25(2)21(31)15-8-6-10-17(12-15)29-4;/h2*5-12H,13H2,1-4H3,(H,22,26)(H,23,27);/q;;+1. The molecule has 0 atom stereocenters. The molecule has 0 saturated carbocycles. The van der Waals surface area contributed by atoms with Crippen molar-refractivity contribution in [1.29, 1.82) is 0 Å². The van der Waals surface area contributed by atoms with E-state index in [0.717, 1.165) is 0 Å². The Labute approximate surface area is 410 Å². The third-order valence-electron chi connectivity index (χ3n) is 8.30. The molecular formula is C42H48N8NaO8S4+. The van der Waals surface area contributed by atoms with E-state index >= 15 is 0 Å². The summed E-state index contributed by atoms with van der Waals surface area (Å²) in [4.78, 5) is 50.6. The van der Waals surface area contributed by atoms with Gasteiger partial charge in [-0.15, -0.1) is 0 Å². The van der Waals surface area contributed by atoms with Crippen LogP contribution in [0, 0.1) is 0 Å². The molecule has 0 aliphatic heterocycles. The van der Waals surface area contributed by atoms with Gasteiger partial charge in [0.1, 0.15) is 55.8 Å². The average molecular weight is 944 g/mol. The fraction of sp³-hybridized carbons (Fsp3) is 0.238. The molecule has 4 aromatic rings. The molecule has 0 fully saturated rings. The summed E-state index contributed by atoms with van der Waals surface area (Å²) in [6, 6.07) is 28.6. The van der Waals surface area contributed by atoms with Crippen LogP contribution in [-0.2, 0) is 19.2 Å². The van der Waals surface area contributed by atoms with Crippen LogP contribution in [0.25, 0.3) is 0 Å². The molecule has 0 aliphatic rings. The predicted molar refractivity (Wildman–Crippen MR) is 252 cm³/mol. The van der Waals surface area contributed by atoms with Gasteiger partial charge in [-0.05, 0) is 48.5 Å². The van der Waals surface area contributed by atoms with Gasteiger partial charge in [0, 0.05) is 50.4 Å². The van der Waals surface area contributed by atoms with E-state index in [-0.39, 0.29) is 29.6 Å². The fourth-order valence-corrected chi connectivity index (χ4v) is 5.89. The molecule has 63 heavy (non-hydrogen) atoms. The average Bonchev–Trinajstić information content (AvgIpc) is 3.27. The third-order valence-corrected chi connectivity index (χ3v) is 10.3. The summed E-state index contributed by atoms with van der Waals surface area (Å²) in [5, 5.41) is 5.52. The number of benzene rings is 4. The SMILES string of the molecule is COc1cccc(C(=S)N(C)NC(=O)CC(=O)NN(C)C(=S)c2cccc(OC)c2)c1.COc1cccc(C(=S)N(C)NC(=O)CC(=O)NN(C)C(=S)c2cccc(OC)c2)c1.[Na+]. The molecule has 4 aromatic carbocycles. The Morgan fingerprint density at radius 1 is 0.413 bits per heavy atom. The molecule has 4 amide bonds. The van der Waals surface area contributed by atoms with Crippen molar-refractivity contribution in [2.75, 3.05) is 56.6 Å². The molecule has 0 heterocycles. The van der Waals surface area contributed by atoms with E-state index < -0.39 is 36.5 Å². The molecule has 0 radical (unpaired) electrons. The summed E-state index contributed by atoms with van der Waals surface area (Å²) >= 11 is 21.5. The number of rotatable bonds is 12. The van der Waals surface area contributed by atoms with E-state index in [0.29, 0.717) is 65.2 Å². The first-order chi connectivity index (χ1) is 29.5. The number of methoxy groups -OCH3 is 4. The van der Waals surface area contributed by atoms with E-state index in [1.807, 2.05) is 0 Å². The Morgan fingerprint density at radius 3 is 0.778 bits per heavy atom. The molecule has 0 bridgehead atoms. The van der Waals surface area contributed by atoms with Crippen LogP contribution in [-0.4, -0.2) is 120 Å². The van der Waals surface area contributed by atoms with E-state index in [1.165, 1.54) is 20.0 Å². The minimum absolute atomic E-state index is 0. The van der Waals surface area contributed by atoms with Crippen molar-refractivity contribution in [2.45, 2.75) is 12.8 Å². The number of carbonyl (C=O) groups excluding carboxylic acids is 4. The second-order valence-corrected chi connectivity index (χ2v) is 14.4. The van der Waals surface area contributed by atoms with Crippen molar-refractivity contribution in [2.24, 2.45) is 0 Å². The van der Waals surface area contributed by atoms with Crippen LogP contribution in [0.15, 0.2) is 97.1 Å². The number of ether oxygens (including phenoxy) is 4. The number of nitrogens with one attached hydrogen (secondary N) is 4. The Morgan fingerprint density at radius 2 is 0.603 bits per heavy atom. The molecule has 4 N–H and O–H groups in total. The number of hydrazine groups is 4. The zero-order valence-electron chi connectivity index (χ0n) is 36.3. The van der Waals surface area contributed by atoms with E-state index in [2.05, 4.69) is 21.7 Å². The van der Waals surface area contributed by atoms with Gasteiger partial charge in [0.15, 0.2) is 0 Å². The number of nitrogens with zero attached hydrogens (tertiary/aromatic N) is 4. The number of carbonyl (C=O) groups is 4. The van der Waals surface area contributed by atoms with Crippen molar-refractivity contribution in [3.05, 3.63) is 119 Å². The summed E-state index contributed by atoms with van der Waals surface area (Å²) < 4.78 is 20.7. The van der Waals surface area contributed by atoms with Crippen molar-refractivity contribution in [3.63, 3.8) is 0 Å². The van der Waals surface area contributed by atoms with Gasteiger partial charge >= 0.3 is 29.6 Å². The van der Waals surface area contributed by atoms with Gasteiger partial charge in [-0.2, -0.15) is 0 Å². The molecule has 328 valence electrons. The maximum absolute atomic E-state index is 12.3.